The fourth-order valence-corrected chi connectivity index (χ4v) is 2.26. The van der Waals surface area contributed by atoms with Gasteiger partial charge >= 0.3 is 0 Å². The van der Waals surface area contributed by atoms with Gasteiger partial charge in [-0.2, -0.15) is 0 Å². The van der Waals surface area contributed by atoms with Crippen LogP contribution in [0.4, 0.5) is 0 Å². The van der Waals surface area contributed by atoms with E-state index in [2.05, 4.69) is 31.1 Å². The molecule has 0 aromatic heterocycles. The van der Waals surface area contributed by atoms with E-state index >= 15 is 0 Å². The first-order chi connectivity index (χ1) is 6.55. The van der Waals surface area contributed by atoms with Crippen LogP contribution >= 0.6 is 0 Å². The van der Waals surface area contributed by atoms with Gasteiger partial charge in [0, 0.05) is 31.7 Å². The smallest absolute Gasteiger partial charge is 0.0525 e. The summed E-state index contributed by atoms with van der Waals surface area (Å²) in [4.78, 5) is 2.46. The highest BCUT2D eigenvalue weighted by molar-refractivity contribution is 4.82. The van der Waals surface area contributed by atoms with Crippen LogP contribution in [0.5, 0.6) is 0 Å². The summed E-state index contributed by atoms with van der Waals surface area (Å²) in [5, 5.41) is 3.40. The zero-order valence-electron chi connectivity index (χ0n) is 9.97. The number of rotatable bonds is 5. The second-order valence-electron chi connectivity index (χ2n) is 5.16. The summed E-state index contributed by atoms with van der Waals surface area (Å²) in [5.74, 6) is 0. The number of methoxy groups -OCH3 is 1. The largest absolute Gasteiger partial charge is 0.384 e. The van der Waals surface area contributed by atoms with Crippen LogP contribution in [0.3, 0.4) is 0 Å². The predicted molar refractivity (Wildman–Crippen MR) is 59.6 cm³/mol. The molecule has 0 aromatic rings. The molecule has 0 spiro atoms. The summed E-state index contributed by atoms with van der Waals surface area (Å²) in [6, 6.07) is 0.714. The molecule has 0 aliphatic carbocycles. The summed E-state index contributed by atoms with van der Waals surface area (Å²) < 4.78 is 5.23. The number of nitrogens with zero attached hydrogens (tertiary/aromatic N) is 1. The van der Waals surface area contributed by atoms with Gasteiger partial charge in [0.25, 0.3) is 0 Å². The number of likely N-dealkylation sites (N-methyl/N-ethyl adjacent to an activating group) is 1. The lowest BCUT2D eigenvalue weighted by molar-refractivity contribution is 0.0672. The summed E-state index contributed by atoms with van der Waals surface area (Å²) in [6.45, 7) is 8.76. The Balaban J connectivity index is 2.34. The SMILES string of the molecule is COCC(C)(C)CN(C)C1CCNC1. The van der Waals surface area contributed by atoms with Crippen molar-refractivity contribution >= 4 is 0 Å². The van der Waals surface area contributed by atoms with E-state index in [0.717, 1.165) is 19.7 Å². The lowest BCUT2D eigenvalue weighted by atomic mass is 9.93. The molecule has 0 amide bonds. The van der Waals surface area contributed by atoms with Crippen LogP contribution < -0.4 is 5.32 Å². The van der Waals surface area contributed by atoms with Crippen molar-refractivity contribution in [1.82, 2.24) is 10.2 Å². The van der Waals surface area contributed by atoms with E-state index in [1.165, 1.54) is 13.0 Å². The third kappa shape index (κ3) is 3.56. The number of nitrogens with one attached hydrogen (secondary N) is 1. The van der Waals surface area contributed by atoms with E-state index in [9.17, 15) is 0 Å². The minimum absolute atomic E-state index is 0.256. The first kappa shape index (κ1) is 12.0. The maximum Gasteiger partial charge on any atom is 0.0525 e. The van der Waals surface area contributed by atoms with Crippen LogP contribution in [0.25, 0.3) is 0 Å². The lowest BCUT2D eigenvalue weighted by Crippen LogP contribution is -2.41. The molecule has 14 heavy (non-hydrogen) atoms. The van der Waals surface area contributed by atoms with E-state index in [0.29, 0.717) is 6.04 Å². The topological polar surface area (TPSA) is 24.5 Å². The van der Waals surface area contributed by atoms with Gasteiger partial charge in [0.1, 0.15) is 0 Å². The van der Waals surface area contributed by atoms with Gasteiger partial charge in [0.05, 0.1) is 6.61 Å². The standard InChI is InChI=1S/C11H24N2O/c1-11(2,9-14-4)8-13(3)10-5-6-12-7-10/h10,12H,5-9H2,1-4H3. The van der Waals surface area contributed by atoms with Crippen LogP contribution in [-0.4, -0.2) is 51.3 Å². The summed E-state index contributed by atoms with van der Waals surface area (Å²) in [7, 11) is 3.99. The van der Waals surface area contributed by atoms with Crippen molar-refractivity contribution < 1.29 is 4.74 Å². The van der Waals surface area contributed by atoms with Crippen molar-refractivity contribution in [3.05, 3.63) is 0 Å². The number of hydrogen-bond donors (Lipinski definition) is 1. The molecule has 1 heterocycles. The predicted octanol–water partition coefficient (Wildman–Crippen LogP) is 0.953. The Morgan fingerprint density at radius 1 is 1.50 bits per heavy atom. The summed E-state index contributed by atoms with van der Waals surface area (Å²) in [5.41, 5.74) is 0.256. The Morgan fingerprint density at radius 3 is 2.71 bits per heavy atom. The normalized spacial score (nSPS) is 23.4. The minimum atomic E-state index is 0.256. The van der Waals surface area contributed by atoms with Crippen molar-refractivity contribution in [1.29, 1.82) is 0 Å². The van der Waals surface area contributed by atoms with Gasteiger partial charge < -0.3 is 15.0 Å². The van der Waals surface area contributed by atoms with Gasteiger partial charge in [-0.3, -0.25) is 0 Å². The van der Waals surface area contributed by atoms with Crippen LogP contribution in [0.15, 0.2) is 0 Å². The summed E-state index contributed by atoms with van der Waals surface area (Å²) >= 11 is 0. The average molecular weight is 200 g/mol. The van der Waals surface area contributed by atoms with Gasteiger partial charge in [-0.25, -0.2) is 0 Å². The monoisotopic (exact) mass is 200 g/mol. The number of ether oxygens (including phenoxy) is 1. The third-order valence-corrected chi connectivity index (χ3v) is 2.87. The van der Waals surface area contributed by atoms with Crippen molar-refractivity contribution in [3.8, 4) is 0 Å². The van der Waals surface area contributed by atoms with Crippen molar-refractivity contribution in [3.63, 3.8) is 0 Å². The Hall–Kier alpha value is -0.120. The molecule has 1 aliphatic rings. The molecule has 1 unspecified atom stereocenters. The molecular formula is C11H24N2O. The van der Waals surface area contributed by atoms with Crippen molar-refractivity contribution in [2.24, 2.45) is 5.41 Å². The highest BCUT2D eigenvalue weighted by atomic mass is 16.5. The second-order valence-corrected chi connectivity index (χ2v) is 5.16. The second kappa shape index (κ2) is 5.10. The fraction of sp³-hybridized carbons (Fsp3) is 1.00. The van der Waals surface area contributed by atoms with Crippen LogP contribution in [-0.2, 0) is 4.74 Å². The van der Waals surface area contributed by atoms with Crippen LogP contribution in [0.1, 0.15) is 20.3 Å². The molecule has 1 N–H and O–H groups in total. The van der Waals surface area contributed by atoms with E-state index in [1.54, 1.807) is 7.11 Å². The molecule has 1 atom stereocenters. The molecular weight excluding hydrogens is 176 g/mol. The first-order valence-electron chi connectivity index (χ1n) is 5.45. The molecule has 1 saturated heterocycles. The van der Waals surface area contributed by atoms with E-state index in [-0.39, 0.29) is 5.41 Å². The van der Waals surface area contributed by atoms with Gasteiger partial charge in [-0.05, 0) is 20.0 Å². The molecule has 1 rings (SSSR count). The molecule has 0 saturated carbocycles. The molecule has 0 radical (unpaired) electrons. The minimum Gasteiger partial charge on any atom is -0.384 e. The lowest BCUT2D eigenvalue weighted by Gasteiger charge is -2.32. The zero-order valence-corrected chi connectivity index (χ0v) is 9.97. The maximum atomic E-state index is 5.23. The average Bonchev–Trinajstić information content (AvgIpc) is 2.53. The Kier molecular flexibility index (Phi) is 4.35. The van der Waals surface area contributed by atoms with Gasteiger partial charge in [0.15, 0.2) is 0 Å². The quantitative estimate of drug-likeness (QED) is 0.715. The molecule has 1 fully saturated rings. The molecule has 3 nitrogen and oxygen atoms in total. The van der Waals surface area contributed by atoms with Crippen molar-refractivity contribution in [2.75, 3.05) is 40.4 Å². The van der Waals surface area contributed by atoms with Gasteiger partial charge in [-0.1, -0.05) is 13.8 Å². The van der Waals surface area contributed by atoms with Crippen LogP contribution in [0, 0.1) is 5.41 Å². The molecule has 84 valence electrons. The Labute approximate surface area is 87.8 Å². The van der Waals surface area contributed by atoms with Gasteiger partial charge in [0.2, 0.25) is 0 Å². The first-order valence-corrected chi connectivity index (χ1v) is 5.45. The van der Waals surface area contributed by atoms with E-state index < -0.39 is 0 Å². The highest BCUT2D eigenvalue weighted by Gasteiger charge is 2.25. The van der Waals surface area contributed by atoms with Crippen LogP contribution in [0.2, 0.25) is 0 Å². The molecule has 0 aromatic carbocycles. The van der Waals surface area contributed by atoms with E-state index in [4.69, 9.17) is 4.74 Å². The molecule has 0 bridgehead atoms. The third-order valence-electron chi connectivity index (χ3n) is 2.87. The van der Waals surface area contributed by atoms with Gasteiger partial charge in [-0.15, -0.1) is 0 Å². The maximum absolute atomic E-state index is 5.23. The molecule has 1 aliphatic heterocycles. The Morgan fingerprint density at radius 2 is 2.21 bits per heavy atom. The summed E-state index contributed by atoms with van der Waals surface area (Å²) in [6.07, 6.45) is 1.28. The number of hydrogen-bond acceptors (Lipinski definition) is 3. The molecule has 3 heteroatoms. The van der Waals surface area contributed by atoms with E-state index in [1.807, 2.05) is 0 Å². The Bertz CT molecular complexity index is 165. The highest BCUT2D eigenvalue weighted by Crippen LogP contribution is 2.19. The van der Waals surface area contributed by atoms with Crippen molar-refractivity contribution in [2.45, 2.75) is 26.3 Å². The fourth-order valence-electron chi connectivity index (χ4n) is 2.26. The zero-order chi connectivity index (χ0) is 10.6.